The van der Waals surface area contributed by atoms with Gasteiger partial charge in [0.15, 0.2) is 0 Å². The Morgan fingerprint density at radius 2 is 1.53 bits per heavy atom. The van der Waals surface area contributed by atoms with Crippen molar-refractivity contribution < 1.29 is 5.11 Å². The fourth-order valence-corrected chi connectivity index (χ4v) is 1.94. The monoisotopic (exact) mass is 262 g/mol. The standard InChI is InChI=1S/C18H30O/c1-5-6-12-18(14-15-19)13-8-11-17(4)10-7-9-16(2)3/h5,9,11,14,19H,1,6-8,10,12-13,15H2,2-4H3/b17-11+,18-14+. The molecule has 0 unspecified atom stereocenters. The summed E-state index contributed by atoms with van der Waals surface area (Å²) in [5, 5.41) is 8.99. The SMILES string of the molecule is C=CCC/C(=C\CO)CC/C=C(\C)CCC=C(C)C. The molecule has 1 N–H and O–H groups in total. The minimum Gasteiger partial charge on any atom is -0.392 e. The Labute approximate surface area is 119 Å². The molecule has 0 spiro atoms. The lowest BCUT2D eigenvalue weighted by Gasteiger charge is -2.05. The molecule has 0 aliphatic heterocycles. The Morgan fingerprint density at radius 1 is 0.895 bits per heavy atom. The van der Waals surface area contributed by atoms with Crippen molar-refractivity contribution in [3.05, 3.63) is 47.6 Å². The summed E-state index contributed by atoms with van der Waals surface area (Å²) >= 11 is 0. The van der Waals surface area contributed by atoms with Gasteiger partial charge in [-0.25, -0.2) is 0 Å². The maximum absolute atomic E-state index is 8.99. The molecule has 0 aromatic heterocycles. The zero-order valence-electron chi connectivity index (χ0n) is 12.9. The predicted molar refractivity (Wildman–Crippen MR) is 86.3 cm³/mol. The van der Waals surface area contributed by atoms with Crippen LogP contribution in [0.2, 0.25) is 0 Å². The van der Waals surface area contributed by atoms with Gasteiger partial charge in [0.25, 0.3) is 0 Å². The van der Waals surface area contributed by atoms with Gasteiger partial charge in [0, 0.05) is 0 Å². The molecule has 0 saturated carbocycles. The van der Waals surface area contributed by atoms with Crippen LogP contribution in [0.3, 0.4) is 0 Å². The zero-order valence-corrected chi connectivity index (χ0v) is 12.9. The molecule has 0 aromatic carbocycles. The van der Waals surface area contributed by atoms with Gasteiger partial charge in [0.05, 0.1) is 6.61 Å². The third-order valence-electron chi connectivity index (χ3n) is 3.10. The zero-order chi connectivity index (χ0) is 14.5. The highest BCUT2D eigenvalue weighted by atomic mass is 16.2. The van der Waals surface area contributed by atoms with Crippen LogP contribution in [-0.4, -0.2) is 11.7 Å². The molecule has 0 radical (unpaired) electrons. The van der Waals surface area contributed by atoms with E-state index in [-0.39, 0.29) is 6.61 Å². The first-order chi connectivity index (χ1) is 9.10. The Balaban J connectivity index is 4.04. The molecule has 0 heterocycles. The normalized spacial score (nSPS) is 12.4. The number of rotatable bonds is 10. The molecule has 0 atom stereocenters. The van der Waals surface area contributed by atoms with Crippen molar-refractivity contribution in [2.45, 2.75) is 59.3 Å². The fourth-order valence-electron chi connectivity index (χ4n) is 1.94. The number of hydrogen-bond acceptors (Lipinski definition) is 1. The van der Waals surface area contributed by atoms with E-state index in [4.69, 9.17) is 5.11 Å². The summed E-state index contributed by atoms with van der Waals surface area (Å²) in [6, 6.07) is 0. The minimum absolute atomic E-state index is 0.149. The summed E-state index contributed by atoms with van der Waals surface area (Å²) in [7, 11) is 0. The third kappa shape index (κ3) is 11.7. The van der Waals surface area contributed by atoms with Crippen molar-refractivity contribution in [3.63, 3.8) is 0 Å². The smallest absolute Gasteiger partial charge is 0.0615 e. The molecule has 1 nitrogen and oxygen atoms in total. The van der Waals surface area contributed by atoms with Gasteiger partial charge in [0.1, 0.15) is 0 Å². The number of hydrogen-bond donors (Lipinski definition) is 1. The second-order valence-corrected chi connectivity index (χ2v) is 5.28. The van der Waals surface area contributed by atoms with Gasteiger partial charge >= 0.3 is 0 Å². The van der Waals surface area contributed by atoms with E-state index in [9.17, 15) is 0 Å². The van der Waals surface area contributed by atoms with E-state index < -0.39 is 0 Å². The number of aliphatic hydroxyl groups is 1. The van der Waals surface area contributed by atoms with Crippen LogP contribution < -0.4 is 0 Å². The Hall–Kier alpha value is -1.08. The van der Waals surface area contributed by atoms with Crippen LogP contribution in [0.4, 0.5) is 0 Å². The topological polar surface area (TPSA) is 20.2 Å². The van der Waals surface area contributed by atoms with Gasteiger partial charge in [-0.3, -0.25) is 0 Å². The highest BCUT2D eigenvalue weighted by molar-refractivity contribution is 5.07. The predicted octanol–water partition coefficient (Wildman–Crippen LogP) is 5.34. The van der Waals surface area contributed by atoms with Crippen LogP contribution in [0.25, 0.3) is 0 Å². The van der Waals surface area contributed by atoms with E-state index in [0.29, 0.717) is 0 Å². The molecule has 0 aliphatic rings. The molecular formula is C18H30O. The molecule has 0 amide bonds. The molecule has 0 aliphatic carbocycles. The van der Waals surface area contributed by atoms with Crippen molar-refractivity contribution in [3.8, 4) is 0 Å². The van der Waals surface area contributed by atoms with E-state index in [2.05, 4.69) is 39.5 Å². The Kier molecular flexibility index (Phi) is 11.3. The van der Waals surface area contributed by atoms with Gasteiger partial charge in [-0.1, -0.05) is 41.0 Å². The molecule has 0 aromatic rings. The maximum atomic E-state index is 8.99. The number of aliphatic hydroxyl groups excluding tert-OH is 1. The van der Waals surface area contributed by atoms with E-state index in [1.807, 2.05) is 12.2 Å². The molecule has 19 heavy (non-hydrogen) atoms. The van der Waals surface area contributed by atoms with Crippen molar-refractivity contribution in [1.29, 1.82) is 0 Å². The van der Waals surface area contributed by atoms with E-state index in [1.54, 1.807) is 0 Å². The van der Waals surface area contributed by atoms with Crippen LogP contribution in [0, 0.1) is 0 Å². The lowest BCUT2D eigenvalue weighted by atomic mass is 10.0. The Morgan fingerprint density at radius 3 is 2.11 bits per heavy atom. The molecule has 1 heteroatoms. The fraction of sp³-hybridized carbons (Fsp3) is 0.556. The average Bonchev–Trinajstić information content (AvgIpc) is 2.35. The summed E-state index contributed by atoms with van der Waals surface area (Å²) in [5.41, 5.74) is 4.20. The Bertz CT molecular complexity index is 328. The summed E-state index contributed by atoms with van der Waals surface area (Å²) in [5.74, 6) is 0. The first-order valence-corrected chi connectivity index (χ1v) is 7.28. The van der Waals surface area contributed by atoms with Gasteiger partial charge in [-0.05, 0) is 59.3 Å². The van der Waals surface area contributed by atoms with Gasteiger partial charge < -0.3 is 5.11 Å². The van der Waals surface area contributed by atoms with Crippen molar-refractivity contribution >= 4 is 0 Å². The first kappa shape index (κ1) is 17.9. The van der Waals surface area contributed by atoms with E-state index in [0.717, 1.165) is 38.5 Å². The lowest BCUT2D eigenvalue weighted by molar-refractivity contribution is 0.341. The molecule has 0 fully saturated rings. The van der Waals surface area contributed by atoms with Crippen molar-refractivity contribution in [1.82, 2.24) is 0 Å². The minimum atomic E-state index is 0.149. The summed E-state index contributed by atoms with van der Waals surface area (Å²) in [6.07, 6.45) is 14.9. The quantitative estimate of drug-likeness (QED) is 0.527. The van der Waals surface area contributed by atoms with Crippen LogP contribution >= 0.6 is 0 Å². The second kappa shape index (κ2) is 12.0. The third-order valence-corrected chi connectivity index (χ3v) is 3.10. The van der Waals surface area contributed by atoms with E-state index >= 15 is 0 Å². The van der Waals surface area contributed by atoms with Gasteiger partial charge in [-0.15, -0.1) is 6.58 Å². The van der Waals surface area contributed by atoms with Gasteiger partial charge in [0.2, 0.25) is 0 Å². The first-order valence-electron chi connectivity index (χ1n) is 7.28. The largest absolute Gasteiger partial charge is 0.392 e. The van der Waals surface area contributed by atoms with Crippen molar-refractivity contribution in [2.24, 2.45) is 0 Å². The van der Waals surface area contributed by atoms with Gasteiger partial charge in [-0.2, -0.15) is 0 Å². The molecule has 0 bridgehead atoms. The van der Waals surface area contributed by atoms with Crippen LogP contribution in [0.1, 0.15) is 59.3 Å². The van der Waals surface area contributed by atoms with Crippen LogP contribution in [0.15, 0.2) is 47.6 Å². The van der Waals surface area contributed by atoms with Crippen LogP contribution in [0.5, 0.6) is 0 Å². The highest BCUT2D eigenvalue weighted by Crippen LogP contribution is 2.15. The average molecular weight is 262 g/mol. The lowest BCUT2D eigenvalue weighted by Crippen LogP contribution is -1.87. The highest BCUT2D eigenvalue weighted by Gasteiger charge is 1.96. The maximum Gasteiger partial charge on any atom is 0.0615 e. The molecule has 0 saturated heterocycles. The molecule has 108 valence electrons. The molecule has 0 rings (SSSR count). The van der Waals surface area contributed by atoms with Crippen LogP contribution in [-0.2, 0) is 0 Å². The summed E-state index contributed by atoms with van der Waals surface area (Å²) in [6.45, 7) is 10.4. The van der Waals surface area contributed by atoms with E-state index in [1.165, 1.54) is 16.7 Å². The molecular weight excluding hydrogens is 232 g/mol. The summed E-state index contributed by atoms with van der Waals surface area (Å²) in [4.78, 5) is 0. The van der Waals surface area contributed by atoms with Crippen molar-refractivity contribution in [2.75, 3.05) is 6.61 Å². The number of allylic oxidation sites excluding steroid dienone is 6. The summed E-state index contributed by atoms with van der Waals surface area (Å²) < 4.78 is 0. The second-order valence-electron chi connectivity index (χ2n) is 5.28.